The van der Waals surface area contributed by atoms with Gasteiger partial charge in [0.05, 0.1) is 0 Å². The molecule has 2 heterocycles. The topological polar surface area (TPSA) is 103 Å². The van der Waals surface area contributed by atoms with Crippen molar-refractivity contribution >= 4 is 11.6 Å². The molecule has 0 spiro atoms. The van der Waals surface area contributed by atoms with Gasteiger partial charge >= 0.3 is 0 Å². The highest BCUT2D eigenvalue weighted by Crippen LogP contribution is 2.14. The molecule has 7 nitrogen and oxygen atoms in total. The van der Waals surface area contributed by atoms with Crippen molar-refractivity contribution in [1.29, 1.82) is 0 Å². The zero-order valence-electron chi connectivity index (χ0n) is 8.84. The van der Waals surface area contributed by atoms with Crippen LogP contribution in [0.5, 0.6) is 0 Å². The lowest BCUT2D eigenvalue weighted by Crippen LogP contribution is -2.10. The van der Waals surface area contributed by atoms with Crippen LogP contribution >= 0.6 is 0 Å². The van der Waals surface area contributed by atoms with E-state index in [1.54, 1.807) is 0 Å². The van der Waals surface area contributed by atoms with Crippen molar-refractivity contribution in [3.63, 3.8) is 0 Å². The molecule has 3 N–H and O–H groups in total. The number of rotatable bonds is 4. The largest absolute Gasteiger partial charge is 0.383 e. The molecule has 16 heavy (non-hydrogen) atoms. The first kappa shape index (κ1) is 10.3. The number of hydrogen-bond donors (Lipinski definition) is 2. The molecule has 2 aromatic rings. The summed E-state index contributed by atoms with van der Waals surface area (Å²) in [5.74, 6) is 1.88. The Kier molecular flexibility index (Phi) is 2.95. The van der Waals surface area contributed by atoms with Crippen molar-refractivity contribution in [3.8, 4) is 0 Å². The van der Waals surface area contributed by atoms with Crippen LogP contribution in [0.2, 0.25) is 0 Å². The number of hydrogen-bond acceptors (Lipinski definition) is 7. The molecule has 0 aliphatic carbocycles. The van der Waals surface area contributed by atoms with Gasteiger partial charge in [0.1, 0.15) is 18.0 Å². The lowest BCUT2D eigenvalue weighted by molar-refractivity contribution is 0.410. The average molecular weight is 220 g/mol. The Morgan fingerprint density at radius 1 is 1.38 bits per heavy atom. The second kappa shape index (κ2) is 4.56. The molecule has 0 saturated carbocycles. The lowest BCUT2D eigenvalue weighted by atomic mass is 10.3. The smallest absolute Gasteiger partial charge is 0.213 e. The summed E-state index contributed by atoms with van der Waals surface area (Å²) in [5.41, 5.74) is 6.50. The molecule has 84 valence electrons. The maximum Gasteiger partial charge on any atom is 0.213 e. The van der Waals surface area contributed by atoms with Crippen LogP contribution in [0.3, 0.4) is 0 Å². The SMILES string of the molecule is Cc1c(N)ncnc1NCCc1ncon1. The Balaban J connectivity index is 1.92. The molecule has 2 rings (SSSR count). The van der Waals surface area contributed by atoms with E-state index in [1.807, 2.05) is 6.92 Å². The van der Waals surface area contributed by atoms with Crippen LogP contribution < -0.4 is 11.1 Å². The van der Waals surface area contributed by atoms with Gasteiger partial charge in [-0.25, -0.2) is 9.97 Å². The highest BCUT2D eigenvalue weighted by Gasteiger charge is 2.04. The van der Waals surface area contributed by atoms with E-state index in [4.69, 9.17) is 5.73 Å². The van der Waals surface area contributed by atoms with E-state index in [2.05, 4.69) is 29.9 Å². The van der Waals surface area contributed by atoms with Crippen LogP contribution in [0.25, 0.3) is 0 Å². The fraction of sp³-hybridized carbons (Fsp3) is 0.333. The molecular formula is C9H12N6O. The second-order valence-corrected chi connectivity index (χ2v) is 3.26. The zero-order valence-corrected chi connectivity index (χ0v) is 8.84. The molecule has 0 saturated heterocycles. The van der Waals surface area contributed by atoms with E-state index in [-0.39, 0.29) is 0 Å². The van der Waals surface area contributed by atoms with Gasteiger partial charge in [-0.3, -0.25) is 0 Å². The van der Waals surface area contributed by atoms with E-state index in [1.165, 1.54) is 12.7 Å². The Bertz CT molecular complexity index is 455. The predicted molar refractivity (Wildman–Crippen MR) is 57.7 cm³/mol. The third kappa shape index (κ3) is 2.25. The quantitative estimate of drug-likeness (QED) is 0.768. The van der Waals surface area contributed by atoms with E-state index in [0.29, 0.717) is 24.6 Å². The van der Waals surface area contributed by atoms with Crippen molar-refractivity contribution in [2.45, 2.75) is 13.3 Å². The summed E-state index contributed by atoms with van der Waals surface area (Å²) < 4.78 is 4.63. The van der Waals surface area contributed by atoms with Crippen LogP contribution in [0, 0.1) is 6.92 Å². The van der Waals surface area contributed by atoms with Crippen LogP contribution in [0.1, 0.15) is 11.4 Å². The van der Waals surface area contributed by atoms with Crippen LogP contribution in [-0.4, -0.2) is 26.7 Å². The Morgan fingerprint density at radius 3 is 3.00 bits per heavy atom. The molecule has 7 heteroatoms. The summed E-state index contributed by atoms with van der Waals surface area (Å²) in [6.45, 7) is 2.53. The standard InChI is InChI=1S/C9H12N6O/c1-6-8(10)12-4-13-9(6)11-3-2-7-14-5-16-15-7/h4-5H,2-3H2,1H3,(H3,10,11,12,13). The molecular weight excluding hydrogens is 208 g/mol. The normalized spacial score (nSPS) is 10.3. The first-order valence-corrected chi connectivity index (χ1v) is 4.83. The summed E-state index contributed by atoms with van der Waals surface area (Å²) in [5, 5.41) is 6.84. The number of nitrogens with one attached hydrogen (secondary N) is 1. The first-order chi connectivity index (χ1) is 7.77. The summed E-state index contributed by atoms with van der Waals surface area (Å²) in [4.78, 5) is 11.9. The molecule has 0 unspecified atom stereocenters. The van der Waals surface area contributed by atoms with Gasteiger partial charge in [0.2, 0.25) is 6.39 Å². The van der Waals surface area contributed by atoms with Crippen LogP contribution in [-0.2, 0) is 6.42 Å². The predicted octanol–water partition coefficient (Wildman–Crippen LogP) is 0.405. The third-order valence-corrected chi connectivity index (χ3v) is 2.17. The summed E-state index contributed by atoms with van der Waals surface area (Å²) in [6.07, 6.45) is 3.40. The highest BCUT2D eigenvalue weighted by molar-refractivity contribution is 5.53. The van der Waals surface area contributed by atoms with Gasteiger partial charge in [0.15, 0.2) is 5.82 Å². The van der Waals surface area contributed by atoms with Gasteiger partial charge in [0.25, 0.3) is 0 Å². The first-order valence-electron chi connectivity index (χ1n) is 4.83. The maximum absolute atomic E-state index is 5.66. The number of nitrogens with two attached hydrogens (primary N) is 1. The number of anilines is 2. The third-order valence-electron chi connectivity index (χ3n) is 2.17. The minimum Gasteiger partial charge on any atom is -0.383 e. The van der Waals surface area contributed by atoms with Crippen molar-refractivity contribution in [3.05, 3.63) is 24.1 Å². The van der Waals surface area contributed by atoms with Gasteiger partial charge in [-0.15, -0.1) is 0 Å². The van der Waals surface area contributed by atoms with E-state index >= 15 is 0 Å². The molecule has 0 bridgehead atoms. The Labute approximate surface area is 92.1 Å². The monoisotopic (exact) mass is 220 g/mol. The molecule has 0 aliphatic heterocycles. The molecule has 0 aromatic carbocycles. The van der Waals surface area contributed by atoms with Gasteiger partial charge in [-0.2, -0.15) is 4.98 Å². The van der Waals surface area contributed by atoms with Gasteiger partial charge in [-0.1, -0.05) is 5.16 Å². The molecule has 2 aromatic heterocycles. The summed E-state index contributed by atoms with van der Waals surface area (Å²) >= 11 is 0. The molecule has 0 amide bonds. The summed E-state index contributed by atoms with van der Waals surface area (Å²) in [6, 6.07) is 0. The van der Waals surface area contributed by atoms with E-state index < -0.39 is 0 Å². The molecule has 0 atom stereocenters. The molecule has 0 fully saturated rings. The van der Waals surface area contributed by atoms with Crippen molar-refractivity contribution in [2.24, 2.45) is 0 Å². The van der Waals surface area contributed by atoms with Gasteiger partial charge in [0, 0.05) is 18.5 Å². The van der Waals surface area contributed by atoms with Crippen LogP contribution in [0.4, 0.5) is 11.6 Å². The number of nitrogens with zero attached hydrogens (tertiary/aromatic N) is 4. The molecule has 0 aliphatic rings. The van der Waals surface area contributed by atoms with E-state index in [0.717, 1.165) is 11.4 Å². The zero-order chi connectivity index (χ0) is 11.4. The maximum atomic E-state index is 5.66. The van der Waals surface area contributed by atoms with E-state index in [9.17, 15) is 0 Å². The Morgan fingerprint density at radius 2 is 2.25 bits per heavy atom. The van der Waals surface area contributed by atoms with Gasteiger partial charge < -0.3 is 15.6 Å². The van der Waals surface area contributed by atoms with Crippen molar-refractivity contribution < 1.29 is 4.52 Å². The summed E-state index contributed by atoms with van der Waals surface area (Å²) in [7, 11) is 0. The van der Waals surface area contributed by atoms with Gasteiger partial charge in [-0.05, 0) is 6.92 Å². The van der Waals surface area contributed by atoms with Crippen molar-refractivity contribution in [2.75, 3.05) is 17.6 Å². The fourth-order valence-electron chi connectivity index (χ4n) is 1.24. The van der Waals surface area contributed by atoms with Crippen LogP contribution in [0.15, 0.2) is 17.2 Å². The number of aromatic nitrogens is 4. The lowest BCUT2D eigenvalue weighted by Gasteiger charge is -2.07. The highest BCUT2D eigenvalue weighted by atomic mass is 16.5. The van der Waals surface area contributed by atoms with Crippen molar-refractivity contribution in [1.82, 2.24) is 20.1 Å². The second-order valence-electron chi connectivity index (χ2n) is 3.26. The minimum atomic E-state index is 0.483. The Hall–Kier alpha value is -2.18. The minimum absolute atomic E-state index is 0.483. The molecule has 0 radical (unpaired) electrons. The fourth-order valence-corrected chi connectivity index (χ4v) is 1.24. The average Bonchev–Trinajstić information content (AvgIpc) is 2.77. The number of nitrogen functional groups attached to an aromatic ring is 1.